The van der Waals surface area contributed by atoms with Crippen molar-refractivity contribution in [1.29, 1.82) is 0 Å². The van der Waals surface area contributed by atoms with Crippen molar-refractivity contribution in [2.24, 2.45) is 0 Å². The number of hydrogen-bond donors (Lipinski definition) is 2. The molecule has 8 heteroatoms. The van der Waals surface area contributed by atoms with Gasteiger partial charge in [0.2, 0.25) is 5.95 Å². The Hall–Kier alpha value is -2.02. The maximum absolute atomic E-state index is 13.1. The van der Waals surface area contributed by atoms with E-state index in [9.17, 15) is 13.2 Å². The standard InChI is InChI=1S/C16H18ClF3N4/c1-4-10(3)21-15-22-12(16(18,19)20)8-13(24-15)23-14-9(2)6-5-7-11(14)17/h5-8,10H,4H2,1-3H3,(H2,21,22,23,24)/t10-/m0/s1. The number of hydrogen-bond acceptors (Lipinski definition) is 4. The van der Waals surface area contributed by atoms with Gasteiger partial charge in [0.15, 0.2) is 5.69 Å². The lowest BCUT2D eigenvalue weighted by molar-refractivity contribution is -0.141. The summed E-state index contributed by atoms with van der Waals surface area (Å²) in [6.45, 7) is 5.56. The number of nitrogens with one attached hydrogen (secondary N) is 2. The molecular formula is C16H18ClF3N4. The van der Waals surface area contributed by atoms with Crippen LogP contribution in [0.5, 0.6) is 0 Å². The van der Waals surface area contributed by atoms with Gasteiger partial charge < -0.3 is 10.6 Å². The van der Waals surface area contributed by atoms with Crippen LogP contribution in [0, 0.1) is 6.92 Å². The Balaban J connectivity index is 2.43. The Morgan fingerprint density at radius 2 is 1.96 bits per heavy atom. The van der Waals surface area contributed by atoms with Crippen molar-refractivity contribution in [2.45, 2.75) is 39.4 Å². The fraction of sp³-hybridized carbons (Fsp3) is 0.375. The summed E-state index contributed by atoms with van der Waals surface area (Å²) in [4.78, 5) is 7.68. The Morgan fingerprint density at radius 1 is 1.25 bits per heavy atom. The number of alkyl halides is 3. The zero-order valence-corrected chi connectivity index (χ0v) is 14.3. The second-order valence-corrected chi connectivity index (χ2v) is 5.88. The van der Waals surface area contributed by atoms with E-state index in [1.165, 1.54) is 0 Å². The maximum atomic E-state index is 13.1. The predicted molar refractivity (Wildman–Crippen MR) is 89.9 cm³/mol. The Kier molecular flexibility index (Phi) is 5.54. The summed E-state index contributed by atoms with van der Waals surface area (Å²) < 4.78 is 39.3. The highest BCUT2D eigenvalue weighted by atomic mass is 35.5. The van der Waals surface area contributed by atoms with Crippen molar-refractivity contribution >= 4 is 29.1 Å². The van der Waals surface area contributed by atoms with Crippen LogP contribution in [0.3, 0.4) is 0 Å². The number of halogens is 4. The van der Waals surface area contributed by atoms with Crippen LogP contribution in [-0.4, -0.2) is 16.0 Å². The molecule has 130 valence electrons. The van der Waals surface area contributed by atoms with Crippen molar-refractivity contribution < 1.29 is 13.2 Å². The second kappa shape index (κ2) is 7.25. The van der Waals surface area contributed by atoms with Gasteiger partial charge in [0.05, 0.1) is 10.7 Å². The van der Waals surface area contributed by atoms with Crippen molar-refractivity contribution in [3.05, 3.63) is 40.5 Å². The fourth-order valence-corrected chi connectivity index (χ4v) is 2.23. The first kappa shape index (κ1) is 18.3. The van der Waals surface area contributed by atoms with E-state index in [1.54, 1.807) is 25.1 Å². The monoisotopic (exact) mass is 358 g/mol. The first-order valence-corrected chi connectivity index (χ1v) is 7.83. The Labute approximate surface area is 143 Å². The third-order valence-electron chi connectivity index (χ3n) is 3.48. The minimum Gasteiger partial charge on any atom is -0.352 e. The molecule has 2 N–H and O–H groups in total. The normalized spacial score (nSPS) is 12.8. The van der Waals surface area contributed by atoms with Gasteiger partial charge in [0.1, 0.15) is 5.82 Å². The van der Waals surface area contributed by atoms with Gasteiger partial charge in [-0.25, -0.2) is 4.98 Å². The summed E-state index contributed by atoms with van der Waals surface area (Å²) in [7, 11) is 0. The summed E-state index contributed by atoms with van der Waals surface area (Å²) >= 11 is 6.11. The molecule has 0 saturated carbocycles. The number of para-hydroxylation sites is 1. The number of benzene rings is 1. The molecule has 0 radical (unpaired) electrons. The minimum atomic E-state index is -4.57. The van der Waals surface area contributed by atoms with Gasteiger partial charge in [0.25, 0.3) is 0 Å². The van der Waals surface area contributed by atoms with Gasteiger partial charge in [0, 0.05) is 12.1 Å². The molecule has 0 bridgehead atoms. The quantitative estimate of drug-likeness (QED) is 0.750. The van der Waals surface area contributed by atoms with Crippen LogP contribution in [0.2, 0.25) is 5.02 Å². The fourth-order valence-electron chi connectivity index (χ4n) is 1.96. The number of aromatic nitrogens is 2. The van der Waals surface area contributed by atoms with Crippen LogP contribution in [0.4, 0.5) is 30.6 Å². The number of anilines is 3. The second-order valence-electron chi connectivity index (χ2n) is 5.47. The summed E-state index contributed by atoms with van der Waals surface area (Å²) in [6, 6.07) is 6.03. The van der Waals surface area contributed by atoms with E-state index < -0.39 is 11.9 Å². The number of nitrogens with zero attached hydrogens (tertiary/aromatic N) is 2. The van der Waals surface area contributed by atoms with E-state index in [-0.39, 0.29) is 17.8 Å². The lowest BCUT2D eigenvalue weighted by Crippen LogP contribution is -2.18. The van der Waals surface area contributed by atoms with E-state index >= 15 is 0 Å². The van der Waals surface area contributed by atoms with E-state index in [4.69, 9.17) is 11.6 Å². The largest absolute Gasteiger partial charge is 0.433 e. The van der Waals surface area contributed by atoms with Crippen molar-refractivity contribution in [2.75, 3.05) is 10.6 Å². The summed E-state index contributed by atoms with van der Waals surface area (Å²) in [5.74, 6) is -0.0503. The average Bonchev–Trinajstić information content (AvgIpc) is 2.50. The Bertz CT molecular complexity index is 699. The molecule has 0 aliphatic rings. The van der Waals surface area contributed by atoms with Gasteiger partial charge in [-0.15, -0.1) is 0 Å². The molecule has 1 heterocycles. The summed E-state index contributed by atoms with van der Waals surface area (Å²) in [5, 5.41) is 6.13. The lowest BCUT2D eigenvalue weighted by atomic mass is 10.2. The molecule has 4 nitrogen and oxygen atoms in total. The third-order valence-corrected chi connectivity index (χ3v) is 3.79. The molecule has 2 aromatic rings. The number of rotatable bonds is 5. The highest BCUT2D eigenvalue weighted by Crippen LogP contribution is 2.32. The van der Waals surface area contributed by atoms with Crippen LogP contribution in [0.25, 0.3) is 0 Å². The van der Waals surface area contributed by atoms with Gasteiger partial charge in [-0.3, -0.25) is 0 Å². The first-order chi connectivity index (χ1) is 11.2. The summed E-state index contributed by atoms with van der Waals surface area (Å²) in [5.41, 5.74) is 0.294. The van der Waals surface area contributed by atoms with Crippen molar-refractivity contribution in [3.63, 3.8) is 0 Å². The molecular weight excluding hydrogens is 341 g/mol. The SMILES string of the molecule is CC[C@H](C)Nc1nc(Nc2c(C)cccc2Cl)cc(C(F)(F)F)n1. The van der Waals surface area contributed by atoms with Gasteiger partial charge in [-0.05, 0) is 31.9 Å². The van der Waals surface area contributed by atoms with E-state index in [2.05, 4.69) is 20.6 Å². The van der Waals surface area contributed by atoms with Crippen molar-refractivity contribution in [1.82, 2.24) is 9.97 Å². The first-order valence-electron chi connectivity index (χ1n) is 7.45. The van der Waals surface area contributed by atoms with E-state index in [1.807, 2.05) is 13.8 Å². The molecule has 0 aliphatic heterocycles. The predicted octanol–water partition coefficient (Wildman–Crippen LogP) is 5.41. The van der Waals surface area contributed by atoms with Gasteiger partial charge in [-0.2, -0.15) is 18.2 Å². The zero-order chi connectivity index (χ0) is 17.9. The van der Waals surface area contributed by atoms with E-state index in [0.29, 0.717) is 10.7 Å². The van der Waals surface area contributed by atoms with E-state index in [0.717, 1.165) is 18.1 Å². The molecule has 1 aromatic carbocycles. The van der Waals surface area contributed by atoms with Gasteiger partial charge in [-0.1, -0.05) is 30.7 Å². The van der Waals surface area contributed by atoms with Gasteiger partial charge >= 0.3 is 6.18 Å². The molecule has 2 rings (SSSR count). The van der Waals surface area contributed by atoms with Crippen LogP contribution in [-0.2, 0) is 6.18 Å². The highest BCUT2D eigenvalue weighted by Gasteiger charge is 2.34. The Morgan fingerprint density at radius 3 is 2.54 bits per heavy atom. The minimum absolute atomic E-state index is 0.0272. The van der Waals surface area contributed by atoms with Crippen molar-refractivity contribution in [3.8, 4) is 0 Å². The molecule has 1 atom stereocenters. The number of aryl methyl sites for hydroxylation is 1. The van der Waals surface area contributed by atoms with Crippen LogP contribution in [0.1, 0.15) is 31.5 Å². The molecule has 1 aromatic heterocycles. The molecule has 0 amide bonds. The molecule has 0 spiro atoms. The van der Waals surface area contributed by atoms with Crippen LogP contribution >= 0.6 is 11.6 Å². The highest BCUT2D eigenvalue weighted by molar-refractivity contribution is 6.33. The average molecular weight is 359 g/mol. The topological polar surface area (TPSA) is 49.8 Å². The molecule has 0 saturated heterocycles. The maximum Gasteiger partial charge on any atom is 0.433 e. The van der Waals surface area contributed by atoms with Crippen LogP contribution < -0.4 is 10.6 Å². The molecule has 0 fully saturated rings. The lowest BCUT2D eigenvalue weighted by Gasteiger charge is -2.16. The molecule has 0 unspecified atom stereocenters. The smallest absolute Gasteiger partial charge is 0.352 e. The summed E-state index contributed by atoms with van der Waals surface area (Å²) in [6.07, 6.45) is -3.84. The van der Waals surface area contributed by atoms with Crippen LogP contribution in [0.15, 0.2) is 24.3 Å². The molecule has 0 aliphatic carbocycles. The third kappa shape index (κ3) is 4.50. The zero-order valence-electron chi connectivity index (χ0n) is 13.5. The molecule has 24 heavy (non-hydrogen) atoms.